The van der Waals surface area contributed by atoms with Crippen LogP contribution in [0.3, 0.4) is 0 Å². The van der Waals surface area contributed by atoms with Gasteiger partial charge in [-0.05, 0) is 43.5 Å². The quantitative estimate of drug-likeness (QED) is 0.589. The fourth-order valence-electron chi connectivity index (χ4n) is 2.75. The molecule has 1 amide bonds. The van der Waals surface area contributed by atoms with Gasteiger partial charge in [-0.15, -0.1) is 0 Å². The number of amides is 1. The molecule has 0 fully saturated rings. The molecule has 0 saturated heterocycles. The van der Waals surface area contributed by atoms with E-state index in [0.29, 0.717) is 11.4 Å². The number of ether oxygens (including phenoxy) is 2. The van der Waals surface area contributed by atoms with Gasteiger partial charge in [0.2, 0.25) is 0 Å². The number of halogens is 1. The lowest BCUT2D eigenvalue weighted by Gasteiger charge is -2.16. The SMILES string of the molecule is CCOC(=O)c1ccc(NC(=O)[C@@H](C)Oc2cccc3ccccc23)cc1Cl. The van der Waals surface area contributed by atoms with Gasteiger partial charge >= 0.3 is 5.97 Å². The van der Waals surface area contributed by atoms with Crippen molar-refractivity contribution >= 4 is 39.9 Å². The predicted octanol–water partition coefficient (Wildman–Crippen LogP) is 5.08. The monoisotopic (exact) mass is 397 g/mol. The zero-order valence-electron chi connectivity index (χ0n) is 15.6. The van der Waals surface area contributed by atoms with Crippen LogP contribution in [0.4, 0.5) is 5.69 Å². The third-order valence-corrected chi connectivity index (χ3v) is 4.47. The summed E-state index contributed by atoms with van der Waals surface area (Å²) in [6.07, 6.45) is -0.727. The second kappa shape index (κ2) is 8.76. The van der Waals surface area contributed by atoms with Gasteiger partial charge in [0.1, 0.15) is 5.75 Å². The smallest absolute Gasteiger partial charge is 0.339 e. The maximum atomic E-state index is 12.5. The molecule has 0 spiro atoms. The van der Waals surface area contributed by atoms with E-state index in [2.05, 4.69) is 5.32 Å². The minimum atomic E-state index is -0.727. The fourth-order valence-corrected chi connectivity index (χ4v) is 3.01. The summed E-state index contributed by atoms with van der Waals surface area (Å²) in [7, 11) is 0. The molecule has 5 nitrogen and oxygen atoms in total. The Morgan fingerprint density at radius 3 is 2.57 bits per heavy atom. The summed E-state index contributed by atoms with van der Waals surface area (Å²) >= 11 is 6.13. The Kier molecular flexibility index (Phi) is 6.16. The van der Waals surface area contributed by atoms with Crippen LogP contribution in [0.25, 0.3) is 10.8 Å². The maximum Gasteiger partial charge on any atom is 0.339 e. The molecule has 28 heavy (non-hydrogen) atoms. The van der Waals surface area contributed by atoms with Crippen molar-refractivity contribution < 1.29 is 19.1 Å². The minimum Gasteiger partial charge on any atom is -0.480 e. The van der Waals surface area contributed by atoms with Gasteiger partial charge in [-0.1, -0.05) is 48.0 Å². The average Bonchev–Trinajstić information content (AvgIpc) is 2.68. The Morgan fingerprint density at radius 2 is 1.82 bits per heavy atom. The summed E-state index contributed by atoms with van der Waals surface area (Å²) in [5.41, 5.74) is 0.720. The Morgan fingerprint density at radius 1 is 1.07 bits per heavy atom. The van der Waals surface area contributed by atoms with E-state index in [4.69, 9.17) is 21.1 Å². The topological polar surface area (TPSA) is 64.6 Å². The zero-order valence-corrected chi connectivity index (χ0v) is 16.3. The largest absolute Gasteiger partial charge is 0.480 e. The molecule has 0 unspecified atom stereocenters. The van der Waals surface area contributed by atoms with Gasteiger partial charge in [0.25, 0.3) is 5.91 Å². The molecule has 144 valence electrons. The zero-order chi connectivity index (χ0) is 20.1. The Balaban J connectivity index is 1.70. The van der Waals surface area contributed by atoms with Crippen molar-refractivity contribution in [2.24, 2.45) is 0 Å². The predicted molar refractivity (Wildman–Crippen MR) is 110 cm³/mol. The Hall–Kier alpha value is -3.05. The first kappa shape index (κ1) is 19.7. The van der Waals surface area contributed by atoms with Crippen LogP contribution in [0.2, 0.25) is 5.02 Å². The van der Waals surface area contributed by atoms with Gasteiger partial charge in [0.15, 0.2) is 6.10 Å². The van der Waals surface area contributed by atoms with Crippen molar-refractivity contribution in [2.45, 2.75) is 20.0 Å². The number of benzene rings is 3. The average molecular weight is 398 g/mol. The van der Waals surface area contributed by atoms with E-state index in [-0.39, 0.29) is 23.1 Å². The molecule has 1 N–H and O–H groups in total. The molecular weight excluding hydrogens is 378 g/mol. The normalized spacial score (nSPS) is 11.7. The summed E-state index contributed by atoms with van der Waals surface area (Å²) in [4.78, 5) is 24.3. The summed E-state index contributed by atoms with van der Waals surface area (Å²) in [6, 6.07) is 18.1. The number of carbonyl (C=O) groups is 2. The number of hydrogen-bond donors (Lipinski definition) is 1. The van der Waals surface area contributed by atoms with Crippen molar-refractivity contribution in [1.82, 2.24) is 0 Å². The highest BCUT2D eigenvalue weighted by molar-refractivity contribution is 6.34. The van der Waals surface area contributed by atoms with E-state index in [1.165, 1.54) is 12.1 Å². The molecule has 3 rings (SSSR count). The third kappa shape index (κ3) is 4.43. The first-order valence-corrected chi connectivity index (χ1v) is 9.29. The van der Waals surface area contributed by atoms with Gasteiger partial charge in [-0.3, -0.25) is 4.79 Å². The first-order chi connectivity index (χ1) is 13.5. The number of anilines is 1. The van der Waals surface area contributed by atoms with Crippen molar-refractivity contribution in [1.29, 1.82) is 0 Å². The molecule has 3 aromatic rings. The molecule has 0 aliphatic carbocycles. The second-order valence-electron chi connectivity index (χ2n) is 6.14. The van der Waals surface area contributed by atoms with Crippen LogP contribution in [0, 0.1) is 0 Å². The maximum absolute atomic E-state index is 12.5. The molecule has 6 heteroatoms. The number of carbonyl (C=O) groups excluding carboxylic acids is 2. The van der Waals surface area contributed by atoms with Crippen LogP contribution in [0.15, 0.2) is 60.7 Å². The van der Waals surface area contributed by atoms with E-state index in [0.717, 1.165) is 10.8 Å². The summed E-state index contributed by atoms with van der Waals surface area (Å²) in [5, 5.41) is 4.93. The summed E-state index contributed by atoms with van der Waals surface area (Å²) in [6.45, 7) is 3.65. The van der Waals surface area contributed by atoms with E-state index >= 15 is 0 Å². The van der Waals surface area contributed by atoms with Gasteiger partial charge < -0.3 is 14.8 Å². The van der Waals surface area contributed by atoms with Crippen LogP contribution in [0.5, 0.6) is 5.75 Å². The lowest BCUT2D eigenvalue weighted by atomic mass is 10.1. The number of nitrogens with one attached hydrogen (secondary N) is 1. The molecule has 1 atom stereocenters. The van der Waals surface area contributed by atoms with Crippen molar-refractivity contribution in [3.8, 4) is 5.75 Å². The lowest BCUT2D eigenvalue weighted by molar-refractivity contribution is -0.122. The van der Waals surface area contributed by atoms with Crippen LogP contribution >= 0.6 is 11.6 Å². The van der Waals surface area contributed by atoms with Crippen LogP contribution in [-0.4, -0.2) is 24.6 Å². The fraction of sp³-hybridized carbons (Fsp3) is 0.182. The molecule has 0 radical (unpaired) electrons. The van der Waals surface area contributed by atoms with E-state index in [1.54, 1.807) is 19.9 Å². The molecule has 0 bridgehead atoms. The van der Waals surface area contributed by atoms with E-state index in [1.807, 2.05) is 42.5 Å². The highest BCUT2D eigenvalue weighted by Crippen LogP contribution is 2.26. The molecule has 3 aromatic carbocycles. The Labute approximate surface area is 168 Å². The van der Waals surface area contributed by atoms with Gasteiger partial charge in [-0.2, -0.15) is 0 Å². The second-order valence-corrected chi connectivity index (χ2v) is 6.55. The van der Waals surface area contributed by atoms with Crippen LogP contribution in [0.1, 0.15) is 24.2 Å². The standard InChI is InChI=1S/C22H20ClNO4/c1-3-27-22(26)18-12-11-16(13-19(18)23)24-21(25)14(2)28-20-10-6-8-15-7-4-5-9-17(15)20/h4-14H,3H2,1-2H3,(H,24,25)/t14-/m1/s1. The van der Waals surface area contributed by atoms with Crippen LogP contribution in [-0.2, 0) is 9.53 Å². The number of hydrogen-bond acceptors (Lipinski definition) is 4. The molecule has 0 aliphatic heterocycles. The van der Waals surface area contributed by atoms with Gasteiger partial charge in [0.05, 0.1) is 17.2 Å². The molecule has 0 aromatic heterocycles. The van der Waals surface area contributed by atoms with Gasteiger partial charge in [-0.25, -0.2) is 4.79 Å². The molecular formula is C22H20ClNO4. The van der Waals surface area contributed by atoms with E-state index < -0.39 is 12.1 Å². The highest BCUT2D eigenvalue weighted by Gasteiger charge is 2.18. The summed E-state index contributed by atoms with van der Waals surface area (Å²) in [5.74, 6) is -0.192. The summed E-state index contributed by atoms with van der Waals surface area (Å²) < 4.78 is 10.8. The first-order valence-electron chi connectivity index (χ1n) is 8.91. The highest BCUT2D eigenvalue weighted by atomic mass is 35.5. The van der Waals surface area contributed by atoms with Crippen molar-refractivity contribution in [3.63, 3.8) is 0 Å². The van der Waals surface area contributed by atoms with E-state index in [9.17, 15) is 9.59 Å². The number of fused-ring (bicyclic) bond motifs is 1. The van der Waals surface area contributed by atoms with Crippen LogP contribution < -0.4 is 10.1 Å². The molecule has 0 aliphatic rings. The number of rotatable bonds is 6. The third-order valence-electron chi connectivity index (χ3n) is 4.15. The lowest BCUT2D eigenvalue weighted by Crippen LogP contribution is -2.30. The Bertz CT molecular complexity index is 1010. The number of esters is 1. The van der Waals surface area contributed by atoms with Gasteiger partial charge in [0, 0.05) is 11.1 Å². The van der Waals surface area contributed by atoms with Crippen molar-refractivity contribution in [2.75, 3.05) is 11.9 Å². The minimum absolute atomic E-state index is 0.207. The van der Waals surface area contributed by atoms with Crippen molar-refractivity contribution in [3.05, 3.63) is 71.2 Å². The molecule has 0 saturated carbocycles. The molecule has 0 heterocycles.